The molecule has 3 nitrogen and oxygen atoms in total. The van der Waals surface area contributed by atoms with Crippen LogP contribution in [-0.2, 0) is 10.3 Å². The number of hydrogen-bond donors (Lipinski definition) is 2. The van der Waals surface area contributed by atoms with Crippen LogP contribution in [0.5, 0.6) is 0 Å². The van der Waals surface area contributed by atoms with Crippen molar-refractivity contribution in [2.24, 2.45) is 11.7 Å². The number of halogens is 1. The molecule has 1 saturated carbocycles. The van der Waals surface area contributed by atoms with E-state index in [-0.39, 0.29) is 5.91 Å². The molecule has 0 spiro atoms. The number of hydrogen-bond acceptors (Lipinski definition) is 2. The largest absolute Gasteiger partial charge is 0.368 e. The van der Waals surface area contributed by atoms with Crippen molar-refractivity contribution < 1.29 is 4.79 Å². The number of amides is 1. The molecule has 0 heterocycles. The van der Waals surface area contributed by atoms with Gasteiger partial charge in [-0.3, -0.25) is 10.1 Å². The maximum absolute atomic E-state index is 12.0. The highest BCUT2D eigenvalue weighted by Gasteiger charge is 2.50. The molecule has 0 radical (unpaired) electrons. The fourth-order valence-corrected chi connectivity index (χ4v) is 2.59. The van der Waals surface area contributed by atoms with Crippen molar-refractivity contribution in [1.82, 2.24) is 5.32 Å². The third-order valence-corrected chi connectivity index (χ3v) is 3.78. The smallest absolute Gasteiger partial charge is 0.242 e. The molecule has 18 heavy (non-hydrogen) atoms. The van der Waals surface area contributed by atoms with E-state index in [1.54, 1.807) is 0 Å². The van der Waals surface area contributed by atoms with E-state index in [0.29, 0.717) is 10.9 Å². The summed E-state index contributed by atoms with van der Waals surface area (Å²) in [7, 11) is 0. The first-order valence-electron chi connectivity index (χ1n) is 6.42. The van der Waals surface area contributed by atoms with Gasteiger partial charge in [-0.25, -0.2) is 0 Å². The van der Waals surface area contributed by atoms with E-state index >= 15 is 0 Å². The number of nitrogens with one attached hydrogen (secondary N) is 1. The number of benzene rings is 1. The fraction of sp³-hybridized carbons (Fsp3) is 0.500. The average Bonchev–Trinajstić information content (AvgIpc) is 3.16. The number of primary amides is 1. The quantitative estimate of drug-likeness (QED) is 0.831. The summed E-state index contributed by atoms with van der Waals surface area (Å²) in [5.41, 5.74) is 5.89. The summed E-state index contributed by atoms with van der Waals surface area (Å²) in [5.74, 6) is 0.0171. The molecule has 0 saturated heterocycles. The van der Waals surface area contributed by atoms with Crippen molar-refractivity contribution in [2.45, 2.75) is 31.7 Å². The lowest BCUT2D eigenvalue weighted by Crippen LogP contribution is -2.54. The van der Waals surface area contributed by atoms with E-state index in [4.69, 9.17) is 17.3 Å². The maximum atomic E-state index is 12.0. The van der Waals surface area contributed by atoms with Gasteiger partial charge < -0.3 is 5.73 Å². The lowest BCUT2D eigenvalue weighted by molar-refractivity contribution is -0.125. The molecule has 0 bridgehead atoms. The molecule has 0 aromatic heterocycles. The normalized spacial score (nSPS) is 18.3. The van der Waals surface area contributed by atoms with Crippen LogP contribution in [0.15, 0.2) is 24.3 Å². The van der Waals surface area contributed by atoms with Gasteiger partial charge >= 0.3 is 0 Å². The molecule has 1 fully saturated rings. The van der Waals surface area contributed by atoms with Gasteiger partial charge in [0.1, 0.15) is 5.54 Å². The minimum Gasteiger partial charge on any atom is -0.368 e. The van der Waals surface area contributed by atoms with Crippen LogP contribution in [0.2, 0.25) is 5.02 Å². The standard InChI is InChI=1S/C14H19ClN2O/c1-2-9-17-14(13(16)18,10-3-4-10)11-5-7-12(15)8-6-11/h5-8,10,17H,2-4,9H2,1H3,(H2,16,18). The molecule has 1 atom stereocenters. The summed E-state index contributed by atoms with van der Waals surface area (Å²) in [4.78, 5) is 12.0. The molecule has 1 aliphatic rings. The average molecular weight is 267 g/mol. The summed E-state index contributed by atoms with van der Waals surface area (Å²) < 4.78 is 0. The summed E-state index contributed by atoms with van der Waals surface area (Å²) in [6.45, 7) is 2.86. The Hall–Kier alpha value is -1.06. The first kappa shape index (κ1) is 13.4. The Labute approximate surface area is 113 Å². The maximum Gasteiger partial charge on any atom is 0.242 e. The Morgan fingerprint density at radius 1 is 1.44 bits per heavy atom. The van der Waals surface area contributed by atoms with Crippen molar-refractivity contribution in [3.8, 4) is 0 Å². The van der Waals surface area contributed by atoms with Crippen LogP contribution < -0.4 is 11.1 Å². The molecule has 0 aliphatic heterocycles. The van der Waals surface area contributed by atoms with E-state index in [0.717, 1.165) is 31.4 Å². The lowest BCUT2D eigenvalue weighted by atomic mass is 9.84. The van der Waals surface area contributed by atoms with E-state index in [9.17, 15) is 4.79 Å². The number of nitrogens with two attached hydrogens (primary N) is 1. The molecule has 3 N–H and O–H groups in total. The van der Waals surface area contributed by atoms with Crippen LogP contribution >= 0.6 is 11.6 Å². The van der Waals surface area contributed by atoms with Crippen molar-refractivity contribution in [2.75, 3.05) is 6.54 Å². The summed E-state index contributed by atoms with van der Waals surface area (Å²) in [6.07, 6.45) is 3.06. The first-order valence-corrected chi connectivity index (χ1v) is 6.80. The summed E-state index contributed by atoms with van der Waals surface area (Å²) in [5, 5.41) is 4.03. The van der Waals surface area contributed by atoms with Gasteiger partial charge in [-0.2, -0.15) is 0 Å². The highest BCUT2D eigenvalue weighted by atomic mass is 35.5. The second-order valence-corrected chi connectivity index (χ2v) is 5.32. The molecule has 1 aromatic carbocycles. The molecule has 98 valence electrons. The molecular weight excluding hydrogens is 248 g/mol. The molecule has 4 heteroatoms. The number of carbonyl (C=O) groups is 1. The third-order valence-electron chi connectivity index (χ3n) is 3.53. The SMILES string of the molecule is CCCNC(C(N)=O)(c1ccc(Cl)cc1)C1CC1. The second-order valence-electron chi connectivity index (χ2n) is 4.88. The minimum absolute atomic E-state index is 0.291. The molecule has 1 amide bonds. The van der Waals surface area contributed by atoms with Crippen LogP contribution in [0.4, 0.5) is 0 Å². The Bertz CT molecular complexity index is 428. The fourth-order valence-electron chi connectivity index (χ4n) is 2.46. The van der Waals surface area contributed by atoms with Crippen LogP contribution in [-0.4, -0.2) is 12.5 Å². The van der Waals surface area contributed by atoms with Crippen molar-refractivity contribution in [3.63, 3.8) is 0 Å². The van der Waals surface area contributed by atoms with E-state index in [1.807, 2.05) is 24.3 Å². The van der Waals surface area contributed by atoms with Gasteiger partial charge in [0.25, 0.3) is 0 Å². The van der Waals surface area contributed by atoms with E-state index in [1.165, 1.54) is 0 Å². The van der Waals surface area contributed by atoms with Gasteiger partial charge in [0.2, 0.25) is 5.91 Å². The molecule has 1 aromatic rings. The molecular formula is C14H19ClN2O. The Kier molecular flexibility index (Phi) is 3.93. The molecule has 2 rings (SSSR count). The summed E-state index contributed by atoms with van der Waals surface area (Å²) in [6, 6.07) is 7.41. The zero-order valence-corrected chi connectivity index (χ0v) is 11.3. The van der Waals surface area contributed by atoms with E-state index in [2.05, 4.69) is 12.2 Å². The third kappa shape index (κ3) is 2.38. The Morgan fingerprint density at radius 3 is 2.50 bits per heavy atom. The molecule has 1 aliphatic carbocycles. The zero-order chi connectivity index (χ0) is 13.2. The second kappa shape index (κ2) is 5.29. The molecule has 1 unspecified atom stereocenters. The predicted octanol–water partition coefficient (Wildman–Crippen LogP) is 2.43. The van der Waals surface area contributed by atoms with Crippen molar-refractivity contribution in [1.29, 1.82) is 0 Å². The highest BCUT2D eigenvalue weighted by molar-refractivity contribution is 6.30. The van der Waals surface area contributed by atoms with Crippen LogP contribution in [0.25, 0.3) is 0 Å². The van der Waals surface area contributed by atoms with Gasteiger partial charge in [-0.1, -0.05) is 30.7 Å². The Balaban J connectivity index is 2.38. The monoisotopic (exact) mass is 266 g/mol. The van der Waals surface area contributed by atoms with Gasteiger partial charge in [0, 0.05) is 5.02 Å². The van der Waals surface area contributed by atoms with Crippen LogP contribution in [0, 0.1) is 5.92 Å². The van der Waals surface area contributed by atoms with Crippen LogP contribution in [0.1, 0.15) is 31.7 Å². The highest BCUT2D eigenvalue weighted by Crippen LogP contribution is 2.45. The van der Waals surface area contributed by atoms with Gasteiger partial charge in [-0.15, -0.1) is 0 Å². The van der Waals surface area contributed by atoms with E-state index < -0.39 is 5.54 Å². The van der Waals surface area contributed by atoms with Crippen LogP contribution in [0.3, 0.4) is 0 Å². The van der Waals surface area contributed by atoms with Gasteiger partial charge in [-0.05, 0) is 49.4 Å². The summed E-state index contributed by atoms with van der Waals surface area (Å²) >= 11 is 5.90. The zero-order valence-electron chi connectivity index (χ0n) is 10.6. The Morgan fingerprint density at radius 2 is 2.06 bits per heavy atom. The first-order chi connectivity index (χ1) is 8.61. The topological polar surface area (TPSA) is 55.1 Å². The lowest BCUT2D eigenvalue weighted by Gasteiger charge is -2.32. The minimum atomic E-state index is -0.722. The number of rotatable bonds is 6. The number of carbonyl (C=O) groups excluding carboxylic acids is 1. The van der Waals surface area contributed by atoms with Crippen molar-refractivity contribution >= 4 is 17.5 Å². The predicted molar refractivity (Wildman–Crippen MR) is 73.3 cm³/mol. The van der Waals surface area contributed by atoms with Gasteiger partial charge in [0.15, 0.2) is 0 Å². The van der Waals surface area contributed by atoms with Crippen molar-refractivity contribution in [3.05, 3.63) is 34.9 Å². The van der Waals surface area contributed by atoms with Gasteiger partial charge in [0.05, 0.1) is 0 Å².